The van der Waals surface area contributed by atoms with Crippen molar-refractivity contribution < 1.29 is 14.6 Å². The minimum atomic E-state index is -0.694. The zero-order chi connectivity index (χ0) is 17.4. The molecule has 1 aromatic carbocycles. The van der Waals surface area contributed by atoms with Crippen molar-refractivity contribution in [2.24, 2.45) is 16.9 Å². The van der Waals surface area contributed by atoms with Crippen molar-refractivity contribution in [3.05, 3.63) is 44.0 Å². The highest BCUT2D eigenvalue weighted by Crippen LogP contribution is 2.36. The number of nitrogens with two attached hydrogens (primary N) is 1. The first-order chi connectivity index (χ1) is 11.4. The third-order valence-corrected chi connectivity index (χ3v) is 4.62. The van der Waals surface area contributed by atoms with Gasteiger partial charge in [0.25, 0.3) is 11.4 Å². The molecular formula is C14H15N5O5. The van der Waals surface area contributed by atoms with Crippen LogP contribution in [0, 0.1) is 26.1 Å². The summed E-state index contributed by atoms with van der Waals surface area (Å²) in [6.45, 7) is 0.410. The third-order valence-electron chi connectivity index (χ3n) is 4.62. The van der Waals surface area contributed by atoms with Gasteiger partial charge in [0, 0.05) is 31.0 Å². The lowest BCUT2D eigenvalue weighted by molar-refractivity contribution is -0.394. The third kappa shape index (κ3) is 2.55. The summed E-state index contributed by atoms with van der Waals surface area (Å²) < 4.78 is 0. The molecule has 2 saturated heterocycles. The Bertz CT molecular complexity index is 762. The van der Waals surface area contributed by atoms with Crippen LogP contribution in [-0.2, 0) is 4.79 Å². The lowest BCUT2D eigenvalue weighted by Gasteiger charge is -2.15. The molecule has 10 nitrogen and oxygen atoms in total. The normalized spacial score (nSPS) is 23.4. The van der Waals surface area contributed by atoms with Crippen molar-refractivity contribution in [1.29, 1.82) is 0 Å². The highest BCUT2D eigenvalue weighted by molar-refractivity contribution is 6.06. The molecule has 2 atom stereocenters. The lowest BCUT2D eigenvalue weighted by Crippen LogP contribution is -2.29. The molecule has 2 aliphatic heterocycles. The summed E-state index contributed by atoms with van der Waals surface area (Å²) >= 11 is 0. The molecule has 2 fully saturated rings. The summed E-state index contributed by atoms with van der Waals surface area (Å²) in [6.07, 6.45) is 1.91. The summed E-state index contributed by atoms with van der Waals surface area (Å²) in [5, 5.41) is 25.9. The molecule has 3 rings (SSSR count). The fourth-order valence-electron chi connectivity index (χ4n) is 3.52. The second kappa shape index (κ2) is 5.87. The molecule has 10 heteroatoms. The summed E-state index contributed by atoms with van der Waals surface area (Å²) in [5.74, 6) is 5.31. The van der Waals surface area contributed by atoms with Crippen LogP contribution in [0.3, 0.4) is 0 Å². The SMILES string of the molecule is N/N=C(/c1ccc([N+](=O)[O-])cc1[N+](=O)[O-])C1CC2CCC(=O)N2C1. The minimum Gasteiger partial charge on any atom is -0.339 e. The van der Waals surface area contributed by atoms with E-state index in [0.717, 1.165) is 12.5 Å². The van der Waals surface area contributed by atoms with Gasteiger partial charge in [0.1, 0.15) is 0 Å². The molecule has 0 aliphatic carbocycles. The smallest absolute Gasteiger partial charge is 0.285 e. The van der Waals surface area contributed by atoms with E-state index < -0.39 is 15.5 Å². The van der Waals surface area contributed by atoms with Gasteiger partial charge in [-0.2, -0.15) is 5.10 Å². The summed E-state index contributed by atoms with van der Waals surface area (Å²) in [4.78, 5) is 34.3. The molecule has 1 aromatic rings. The van der Waals surface area contributed by atoms with Crippen LogP contribution < -0.4 is 5.84 Å². The van der Waals surface area contributed by atoms with Gasteiger partial charge in [-0.15, -0.1) is 0 Å². The van der Waals surface area contributed by atoms with Gasteiger partial charge >= 0.3 is 0 Å². The van der Waals surface area contributed by atoms with Gasteiger partial charge in [0.2, 0.25) is 5.91 Å². The molecule has 126 valence electrons. The van der Waals surface area contributed by atoms with Crippen LogP contribution in [0.1, 0.15) is 24.8 Å². The van der Waals surface area contributed by atoms with Crippen LogP contribution in [0.25, 0.3) is 0 Å². The monoisotopic (exact) mass is 333 g/mol. The van der Waals surface area contributed by atoms with Gasteiger partial charge in [0.05, 0.1) is 27.2 Å². The molecule has 0 saturated carbocycles. The molecule has 0 spiro atoms. The predicted molar refractivity (Wildman–Crippen MR) is 83.3 cm³/mol. The zero-order valence-electron chi connectivity index (χ0n) is 12.6. The summed E-state index contributed by atoms with van der Waals surface area (Å²) in [7, 11) is 0. The van der Waals surface area contributed by atoms with E-state index in [1.165, 1.54) is 12.1 Å². The first-order valence-electron chi connectivity index (χ1n) is 7.42. The van der Waals surface area contributed by atoms with Gasteiger partial charge in [-0.25, -0.2) is 0 Å². The number of benzene rings is 1. The maximum Gasteiger partial charge on any atom is 0.285 e. The molecule has 0 bridgehead atoms. The minimum absolute atomic E-state index is 0.0667. The number of hydrogen-bond acceptors (Lipinski definition) is 7. The Morgan fingerprint density at radius 1 is 1.29 bits per heavy atom. The maximum atomic E-state index is 11.8. The average Bonchev–Trinajstić information content (AvgIpc) is 3.10. The molecule has 2 unspecified atom stereocenters. The Hall–Kier alpha value is -3.04. The van der Waals surface area contributed by atoms with E-state index in [0.29, 0.717) is 25.1 Å². The zero-order valence-corrected chi connectivity index (χ0v) is 12.6. The van der Waals surface area contributed by atoms with Gasteiger partial charge in [0.15, 0.2) is 0 Å². The van der Waals surface area contributed by atoms with Crippen LogP contribution in [0.2, 0.25) is 0 Å². The number of hydrogen-bond donors (Lipinski definition) is 1. The number of non-ortho nitro benzene ring substituents is 1. The van der Waals surface area contributed by atoms with Crippen LogP contribution >= 0.6 is 0 Å². The first-order valence-corrected chi connectivity index (χ1v) is 7.42. The molecule has 2 N–H and O–H groups in total. The number of rotatable bonds is 4. The van der Waals surface area contributed by atoms with Crippen molar-refractivity contribution in [2.75, 3.05) is 6.54 Å². The standard InChI is InChI=1S/C14H15N5O5/c15-16-14(8-5-9-2-4-13(20)17(9)7-8)11-3-1-10(18(21)22)6-12(11)19(23)24/h1,3,6,8-9H,2,4-5,7,15H2/b16-14+. The van der Waals surface area contributed by atoms with E-state index in [4.69, 9.17) is 5.84 Å². The number of nitro groups is 2. The van der Waals surface area contributed by atoms with Gasteiger partial charge in [-0.1, -0.05) is 0 Å². The Morgan fingerprint density at radius 3 is 2.62 bits per heavy atom. The van der Waals surface area contributed by atoms with Crippen LogP contribution in [-0.4, -0.2) is 39.0 Å². The van der Waals surface area contributed by atoms with Crippen LogP contribution in [0.15, 0.2) is 23.3 Å². The van der Waals surface area contributed by atoms with Gasteiger partial charge < -0.3 is 10.7 Å². The van der Waals surface area contributed by atoms with Crippen LogP contribution in [0.5, 0.6) is 0 Å². The van der Waals surface area contributed by atoms with E-state index in [2.05, 4.69) is 5.10 Å². The molecule has 2 aliphatic rings. The van der Waals surface area contributed by atoms with Crippen molar-refractivity contribution in [3.8, 4) is 0 Å². The second-order valence-corrected chi connectivity index (χ2v) is 5.90. The number of carbonyl (C=O) groups is 1. The first kappa shape index (κ1) is 15.8. The largest absolute Gasteiger partial charge is 0.339 e. The molecule has 0 aromatic heterocycles. The average molecular weight is 333 g/mol. The Balaban J connectivity index is 1.96. The Kier molecular flexibility index (Phi) is 3.87. The van der Waals surface area contributed by atoms with Crippen molar-refractivity contribution in [3.63, 3.8) is 0 Å². The number of amides is 1. The van der Waals surface area contributed by atoms with Gasteiger partial charge in [-0.05, 0) is 18.9 Å². The number of nitrogens with zero attached hydrogens (tertiary/aromatic N) is 4. The predicted octanol–water partition coefficient (Wildman–Crippen LogP) is 1.18. The highest BCUT2D eigenvalue weighted by Gasteiger charge is 2.42. The molecule has 1 amide bonds. The molecule has 0 radical (unpaired) electrons. The van der Waals surface area contributed by atoms with Crippen molar-refractivity contribution >= 4 is 23.0 Å². The second-order valence-electron chi connectivity index (χ2n) is 5.90. The Morgan fingerprint density at radius 2 is 2.04 bits per heavy atom. The quantitative estimate of drug-likeness (QED) is 0.379. The highest BCUT2D eigenvalue weighted by atomic mass is 16.6. The number of carbonyl (C=O) groups excluding carboxylic acids is 1. The fourth-order valence-corrected chi connectivity index (χ4v) is 3.52. The number of hydrazone groups is 1. The van der Waals surface area contributed by atoms with E-state index >= 15 is 0 Å². The van der Waals surface area contributed by atoms with E-state index in [1.807, 2.05) is 0 Å². The summed E-state index contributed by atoms with van der Waals surface area (Å²) in [5.41, 5.74) is -0.318. The number of fused-ring (bicyclic) bond motifs is 1. The van der Waals surface area contributed by atoms with E-state index in [1.54, 1.807) is 4.90 Å². The van der Waals surface area contributed by atoms with E-state index in [-0.39, 0.29) is 29.1 Å². The fraction of sp³-hybridized carbons (Fsp3) is 0.429. The maximum absolute atomic E-state index is 11.8. The van der Waals surface area contributed by atoms with E-state index in [9.17, 15) is 25.0 Å². The van der Waals surface area contributed by atoms with Crippen molar-refractivity contribution in [1.82, 2.24) is 4.90 Å². The molecular weight excluding hydrogens is 318 g/mol. The van der Waals surface area contributed by atoms with Crippen molar-refractivity contribution in [2.45, 2.75) is 25.3 Å². The van der Waals surface area contributed by atoms with Gasteiger partial charge in [-0.3, -0.25) is 25.0 Å². The molecule has 2 heterocycles. The topological polar surface area (TPSA) is 145 Å². The number of nitro benzene ring substituents is 2. The lowest BCUT2D eigenvalue weighted by atomic mass is 9.92. The molecule has 24 heavy (non-hydrogen) atoms. The summed E-state index contributed by atoms with van der Waals surface area (Å²) in [6, 6.07) is 3.50. The van der Waals surface area contributed by atoms with Crippen LogP contribution in [0.4, 0.5) is 11.4 Å². The Labute approximate surface area is 136 Å².